The third-order valence-electron chi connectivity index (χ3n) is 7.96. The van der Waals surface area contributed by atoms with Crippen molar-refractivity contribution in [3.05, 3.63) is 58.9 Å². The second-order valence-electron chi connectivity index (χ2n) is 9.74. The van der Waals surface area contributed by atoms with Gasteiger partial charge in [-0.25, -0.2) is 0 Å². The number of hydrogen-bond donors (Lipinski definition) is 2. The number of pyridine rings is 1. The number of rotatable bonds is 5. The summed E-state index contributed by atoms with van der Waals surface area (Å²) >= 11 is 0. The molecule has 3 atom stereocenters. The topological polar surface area (TPSA) is 62.2 Å². The first kappa shape index (κ1) is 22.0. The van der Waals surface area contributed by atoms with Crippen molar-refractivity contribution in [2.75, 3.05) is 5.32 Å². The number of anilines is 1. The second-order valence-corrected chi connectivity index (χ2v) is 9.74. The van der Waals surface area contributed by atoms with Gasteiger partial charge in [-0.3, -0.25) is 9.78 Å². The van der Waals surface area contributed by atoms with Gasteiger partial charge in [0.25, 0.3) is 5.91 Å². The lowest BCUT2D eigenvalue weighted by atomic mass is 9.56. The van der Waals surface area contributed by atoms with Gasteiger partial charge in [-0.2, -0.15) is 0 Å². The molecule has 2 aliphatic rings. The van der Waals surface area contributed by atoms with Crippen molar-refractivity contribution in [1.82, 2.24) is 4.98 Å². The largest absolute Gasteiger partial charge is 0.390 e. The zero-order valence-corrected chi connectivity index (χ0v) is 19.2. The highest BCUT2D eigenvalue weighted by Crippen LogP contribution is 2.54. The van der Waals surface area contributed by atoms with Crippen molar-refractivity contribution >= 4 is 11.6 Å². The van der Waals surface area contributed by atoms with Crippen molar-refractivity contribution in [3.63, 3.8) is 0 Å². The van der Waals surface area contributed by atoms with Gasteiger partial charge in [0.05, 0.1) is 17.0 Å². The fourth-order valence-electron chi connectivity index (χ4n) is 6.16. The van der Waals surface area contributed by atoms with Crippen LogP contribution >= 0.6 is 0 Å². The molecule has 2 aliphatic carbocycles. The molecule has 1 aromatic carbocycles. The number of hydrogen-bond acceptors (Lipinski definition) is 3. The average Bonchev–Trinajstić information content (AvgIpc) is 2.92. The first-order valence-electron chi connectivity index (χ1n) is 12.0. The number of amides is 1. The van der Waals surface area contributed by atoms with Crippen LogP contribution in [0.1, 0.15) is 92.4 Å². The highest BCUT2D eigenvalue weighted by atomic mass is 16.3. The van der Waals surface area contributed by atoms with Crippen LogP contribution in [0.4, 0.5) is 5.69 Å². The Morgan fingerprint density at radius 2 is 2.10 bits per heavy atom. The van der Waals surface area contributed by atoms with Crippen LogP contribution in [0.15, 0.2) is 36.5 Å². The molecule has 1 amide bonds. The maximum atomic E-state index is 13.0. The van der Waals surface area contributed by atoms with E-state index in [4.69, 9.17) is 0 Å². The minimum Gasteiger partial charge on any atom is -0.390 e. The van der Waals surface area contributed by atoms with E-state index in [1.54, 1.807) is 6.20 Å². The molecule has 4 rings (SSSR count). The monoisotopic (exact) mass is 420 g/mol. The molecular formula is C27H36N2O2. The molecule has 3 unspecified atom stereocenters. The lowest BCUT2D eigenvalue weighted by molar-refractivity contribution is -0.0517. The molecule has 2 aromatic rings. The van der Waals surface area contributed by atoms with E-state index < -0.39 is 5.60 Å². The van der Waals surface area contributed by atoms with Gasteiger partial charge in [-0.05, 0) is 105 Å². The number of nitrogens with zero attached hydrogens (tertiary/aromatic N) is 1. The van der Waals surface area contributed by atoms with E-state index in [1.807, 2.05) is 25.1 Å². The number of aryl methyl sites for hydroxylation is 2. The van der Waals surface area contributed by atoms with Crippen LogP contribution in [0.25, 0.3) is 0 Å². The van der Waals surface area contributed by atoms with E-state index in [9.17, 15) is 9.90 Å². The van der Waals surface area contributed by atoms with Gasteiger partial charge in [0, 0.05) is 11.8 Å². The number of nitrogens with one attached hydrogen (secondary N) is 1. The van der Waals surface area contributed by atoms with Crippen LogP contribution in [-0.2, 0) is 11.8 Å². The lowest BCUT2D eigenvalue weighted by Gasteiger charge is -2.50. The number of benzene rings is 1. The Morgan fingerprint density at radius 1 is 1.26 bits per heavy atom. The SMILES string of the molecule is CCCC12CCC(O)(CC)CC1CCCc1cc(C(=O)Nc3cccnc3C)ccc12. The molecule has 1 fully saturated rings. The van der Waals surface area contributed by atoms with E-state index >= 15 is 0 Å². The van der Waals surface area contributed by atoms with Gasteiger partial charge in [0.1, 0.15) is 0 Å². The Labute approximate surface area is 186 Å². The maximum absolute atomic E-state index is 13.0. The summed E-state index contributed by atoms with van der Waals surface area (Å²) in [5.41, 5.74) is 4.69. The molecule has 0 aliphatic heterocycles. The van der Waals surface area contributed by atoms with Crippen LogP contribution in [0.3, 0.4) is 0 Å². The first-order chi connectivity index (χ1) is 14.9. The summed E-state index contributed by atoms with van der Waals surface area (Å²) in [4.78, 5) is 17.2. The Hall–Kier alpha value is -2.20. The van der Waals surface area contributed by atoms with E-state index in [0.717, 1.165) is 69.2 Å². The van der Waals surface area contributed by atoms with Gasteiger partial charge in [0.2, 0.25) is 0 Å². The molecule has 1 aromatic heterocycles. The van der Waals surface area contributed by atoms with E-state index in [-0.39, 0.29) is 11.3 Å². The number of aliphatic hydroxyl groups is 1. The predicted octanol–water partition coefficient (Wildman–Crippen LogP) is 5.96. The third-order valence-corrected chi connectivity index (χ3v) is 7.96. The summed E-state index contributed by atoms with van der Waals surface area (Å²) < 4.78 is 0. The summed E-state index contributed by atoms with van der Waals surface area (Å²) in [6, 6.07) is 10.1. The number of carbonyl (C=O) groups is 1. The number of fused-ring (bicyclic) bond motifs is 3. The third kappa shape index (κ3) is 4.15. The molecule has 0 spiro atoms. The number of aromatic nitrogens is 1. The molecule has 31 heavy (non-hydrogen) atoms. The zero-order chi connectivity index (χ0) is 22.1. The minimum atomic E-state index is -0.506. The molecular weight excluding hydrogens is 384 g/mol. The van der Waals surface area contributed by atoms with Crippen molar-refractivity contribution < 1.29 is 9.90 Å². The van der Waals surface area contributed by atoms with Gasteiger partial charge in [0.15, 0.2) is 0 Å². The molecule has 166 valence electrons. The van der Waals surface area contributed by atoms with Gasteiger partial charge < -0.3 is 10.4 Å². The maximum Gasteiger partial charge on any atom is 0.255 e. The highest BCUT2D eigenvalue weighted by molar-refractivity contribution is 6.04. The molecule has 4 nitrogen and oxygen atoms in total. The predicted molar refractivity (Wildman–Crippen MR) is 125 cm³/mol. The summed E-state index contributed by atoms with van der Waals surface area (Å²) in [5.74, 6) is 0.443. The van der Waals surface area contributed by atoms with Crippen molar-refractivity contribution in [2.24, 2.45) is 5.92 Å². The summed E-state index contributed by atoms with van der Waals surface area (Å²) in [6.07, 6.45) is 11.0. The van der Waals surface area contributed by atoms with E-state index in [1.165, 1.54) is 11.1 Å². The van der Waals surface area contributed by atoms with Crippen molar-refractivity contribution in [3.8, 4) is 0 Å². The Morgan fingerprint density at radius 3 is 2.84 bits per heavy atom. The van der Waals surface area contributed by atoms with E-state index in [0.29, 0.717) is 11.5 Å². The van der Waals surface area contributed by atoms with Gasteiger partial charge >= 0.3 is 0 Å². The van der Waals surface area contributed by atoms with Crippen LogP contribution in [-0.4, -0.2) is 21.6 Å². The summed E-state index contributed by atoms with van der Waals surface area (Å²) in [6.45, 7) is 6.29. The second kappa shape index (κ2) is 8.74. The number of carbonyl (C=O) groups excluding carboxylic acids is 1. The highest BCUT2D eigenvalue weighted by Gasteiger charge is 2.49. The van der Waals surface area contributed by atoms with Crippen LogP contribution < -0.4 is 5.32 Å². The molecule has 1 heterocycles. The molecule has 0 saturated heterocycles. The Bertz CT molecular complexity index is 956. The molecule has 4 heteroatoms. The first-order valence-corrected chi connectivity index (χ1v) is 12.0. The quantitative estimate of drug-likeness (QED) is 0.627. The van der Waals surface area contributed by atoms with Gasteiger partial charge in [-0.15, -0.1) is 0 Å². The Kier molecular flexibility index (Phi) is 6.20. The standard InChI is InChI=1S/C27H36N2O2/c1-4-13-27-15-14-26(31,5-2)18-22(27)9-6-8-20-17-21(11-12-23(20)27)25(30)29-24-10-7-16-28-19(24)3/h7,10-12,16-17,22,31H,4-6,8-9,13-15,18H2,1-3H3,(H,29,30). The van der Waals surface area contributed by atoms with Crippen LogP contribution in [0.2, 0.25) is 0 Å². The summed E-state index contributed by atoms with van der Waals surface area (Å²) in [5, 5.41) is 14.1. The normalized spacial score (nSPS) is 27.7. The molecule has 2 N–H and O–H groups in total. The van der Waals surface area contributed by atoms with Gasteiger partial charge in [-0.1, -0.05) is 26.3 Å². The molecule has 1 saturated carbocycles. The lowest BCUT2D eigenvalue weighted by Crippen LogP contribution is -2.47. The smallest absolute Gasteiger partial charge is 0.255 e. The van der Waals surface area contributed by atoms with Crippen LogP contribution in [0.5, 0.6) is 0 Å². The summed E-state index contributed by atoms with van der Waals surface area (Å²) in [7, 11) is 0. The molecule has 0 radical (unpaired) electrons. The van der Waals surface area contributed by atoms with E-state index in [2.05, 4.69) is 36.3 Å². The van der Waals surface area contributed by atoms with Crippen LogP contribution in [0, 0.1) is 12.8 Å². The van der Waals surface area contributed by atoms with Crippen molar-refractivity contribution in [1.29, 1.82) is 0 Å². The zero-order valence-electron chi connectivity index (χ0n) is 19.2. The minimum absolute atomic E-state index is 0.0757. The molecule has 0 bridgehead atoms. The van der Waals surface area contributed by atoms with Crippen molar-refractivity contribution in [2.45, 2.75) is 89.6 Å². The fourth-order valence-corrected chi connectivity index (χ4v) is 6.16. The average molecular weight is 421 g/mol. The Balaban J connectivity index is 1.67. The fraction of sp³-hybridized carbons (Fsp3) is 0.556.